The van der Waals surface area contributed by atoms with Crippen molar-refractivity contribution in [2.24, 2.45) is 5.92 Å². The molecule has 1 aliphatic carbocycles. The smallest absolute Gasteiger partial charge is 0.0576 e. The first-order valence-corrected chi connectivity index (χ1v) is 6.78. The van der Waals surface area contributed by atoms with Crippen molar-refractivity contribution in [3.05, 3.63) is 18.5 Å². The highest BCUT2D eigenvalue weighted by molar-refractivity contribution is 5.56. The van der Waals surface area contributed by atoms with Gasteiger partial charge in [-0.1, -0.05) is 12.8 Å². The quantitative estimate of drug-likeness (QED) is 0.848. The van der Waals surface area contributed by atoms with Gasteiger partial charge in [-0.25, -0.2) is 0 Å². The Bertz CT molecular complexity index is 391. The van der Waals surface area contributed by atoms with E-state index < -0.39 is 0 Å². The van der Waals surface area contributed by atoms with Crippen molar-refractivity contribution >= 4 is 11.4 Å². The fourth-order valence-corrected chi connectivity index (χ4v) is 3.45. The molecular formula is C14H21N3. The Morgan fingerprint density at radius 2 is 2.12 bits per heavy atom. The van der Waals surface area contributed by atoms with Gasteiger partial charge in [0.1, 0.15) is 0 Å². The SMILES string of the molecule is CNc1cncc(N2CCC3CCCCC32)c1. The first kappa shape index (κ1) is 10.9. The van der Waals surface area contributed by atoms with E-state index in [2.05, 4.69) is 21.3 Å². The summed E-state index contributed by atoms with van der Waals surface area (Å²) in [6.07, 6.45) is 10.9. The number of anilines is 2. The van der Waals surface area contributed by atoms with Crippen molar-refractivity contribution in [3.8, 4) is 0 Å². The predicted molar refractivity (Wildman–Crippen MR) is 71.5 cm³/mol. The lowest BCUT2D eigenvalue weighted by Crippen LogP contribution is -2.34. The van der Waals surface area contributed by atoms with E-state index in [-0.39, 0.29) is 0 Å². The molecule has 17 heavy (non-hydrogen) atoms. The van der Waals surface area contributed by atoms with Gasteiger partial charge in [0, 0.05) is 19.6 Å². The Morgan fingerprint density at radius 3 is 3.00 bits per heavy atom. The average molecular weight is 231 g/mol. The van der Waals surface area contributed by atoms with Crippen molar-refractivity contribution in [2.75, 3.05) is 23.8 Å². The van der Waals surface area contributed by atoms with E-state index in [4.69, 9.17) is 0 Å². The third-order valence-electron chi connectivity index (χ3n) is 4.35. The van der Waals surface area contributed by atoms with Gasteiger partial charge in [-0.15, -0.1) is 0 Å². The summed E-state index contributed by atoms with van der Waals surface area (Å²) >= 11 is 0. The topological polar surface area (TPSA) is 28.2 Å². The van der Waals surface area contributed by atoms with E-state index in [1.54, 1.807) is 0 Å². The van der Waals surface area contributed by atoms with E-state index in [1.165, 1.54) is 44.3 Å². The van der Waals surface area contributed by atoms with Gasteiger partial charge in [0.2, 0.25) is 0 Å². The van der Waals surface area contributed by atoms with Gasteiger partial charge in [0.05, 0.1) is 23.8 Å². The second-order valence-corrected chi connectivity index (χ2v) is 5.28. The minimum Gasteiger partial charge on any atom is -0.387 e. The lowest BCUT2D eigenvalue weighted by atomic mass is 9.85. The van der Waals surface area contributed by atoms with Crippen molar-refractivity contribution in [1.29, 1.82) is 0 Å². The minimum atomic E-state index is 0.776. The lowest BCUT2D eigenvalue weighted by molar-refractivity contribution is 0.342. The van der Waals surface area contributed by atoms with Gasteiger partial charge in [0.15, 0.2) is 0 Å². The Hall–Kier alpha value is -1.25. The zero-order valence-electron chi connectivity index (χ0n) is 10.5. The molecule has 3 heteroatoms. The fourth-order valence-electron chi connectivity index (χ4n) is 3.45. The Labute approximate surface area is 103 Å². The van der Waals surface area contributed by atoms with Crippen LogP contribution in [0.3, 0.4) is 0 Å². The van der Waals surface area contributed by atoms with Crippen LogP contribution in [0.25, 0.3) is 0 Å². The largest absolute Gasteiger partial charge is 0.387 e. The molecule has 92 valence electrons. The summed E-state index contributed by atoms with van der Waals surface area (Å²) in [5, 5.41) is 3.17. The van der Waals surface area contributed by atoms with Gasteiger partial charge in [-0.3, -0.25) is 4.98 Å². The number of nitrogens with one attached hydrogen (secondary N) is 1. The predicted octanol–water partition coefficient (Wildman–Crippen LogP) is 2.89. The normalized spacial score (nSPS) is 27.9. The summed E-state index contributed by atoms with van der Waals surface area (Å²) < 4.78 is 0. The monoisotopic (exact) mass is 231 g/mol. The maximum atomic E-state index is 4.33. The van der Waals surface area contributed by atoms with Crippen LogP contribution in [0.4, 0.5) is 11.4 Å². The van der Waals surface area contributed by atoms with Crippen LogP contribution in [0.1, 0.15) is 32.1 Å². The Kier molecular flexibility index (Phi) is 2.91. The Balaban J connectivity index is 1.83. The summed E-state index contributed by atoms with van der Waals surface area (Å²) in [4.78, 5) is 6.91. The van der Waals surface area contributed by atoms with Crippen LogP contribution in [0, 0.1) is 5.92 Å². The van der Waals surface area contributed by atoms with E-state index in [0.717, 1.165) is 17.6 Å². The van der Waals surface area contributed by atoms with Crippen LogP contribution < -0.4 is 10.2 Å². The van der Waals surface area contributed by atoms with Crippen molar-refractivity contribution < 1.29 is 0 Å². The average Bonchev–Trinajstić information content (AvgIpc) is 2.82. The van der Waals surface area contributed by atoms with E-state index >= 15 is 0 Å². The minimum absolute atomic E-state index is 0.776. The van der Waals surface area contributed by atoms with E-state index in [1.807, 2.05) is 19.4 Å². The standard InChI is InChI=1S/C14H21N3/c1-15-12-8-13(10-16-9-12)17-7-6-11-4-2-3-5-14(11)17/h8-11,14-15H,2-7H2,1H3. The lowest BCUT2D eigenvalue weighted by Gasteiger charge is -2.33. The molecule has 1 aromatic rings. The summed E-state index contributed by atoms with van der Waals surface area (Å²) in [6, 6.07) is 3.00. The van der Waals surface area contributed by atoms with Crippen LogP contribution in [-0.4, -0.2) is 24.6 Å². The molecule has 2 aliphatic rings. The van der Waals surface area contributed by atoms with Gasteiger partial charge < -0.3 is 10.2 Å². The van der Waals surface area contributed by atoms with Gasteiger partial charge in [-0.05, 0) is 31.2 Å². The third kappa shape index (κ3) is 1.99. The number of hydrogen-bond donors (Lipinski definition) is 1. The highest BCUT2D eigenvalue weighted by Gasteiger charge is 2.35. The highest BCUT2D eigenvalue weighted by Crippen LogP contribution is 2.38. The molecule has 1 saturated carbocycles. The summed E-state index contributed by atoms with van der Waals surface area (Å²) in [6.45, 7) is 1.21. The second-order valence-electron chi connectivity index (χ2n) is 5.28. The van der Waals surface area contributed by atoms with Gasteiger partial charge in [0.25, 0.3) is 0 Å². The van der Waals surface area contributed by atoms with Crippen LogP contribution in [0.15, 0.2) is 18.5 Å². The molecule has 0 radical (unpaired) electrons. The molecule has 1 aromatic heterocycles. The van der Waals surface area contributed by atoms with Crippen molar-refractivity contribution in [3.63, 3.8) is 0 Å². The molecule has 2 atom stereocenters. The number of pyridine rings is 1. The number of rotatable bonds is 2. The van der Waals surface area contributed by atoms with Gasteiger partial charge >= 0.3 is 0 Å². The zero-order valence-corrected chi connectivity index (χ0v) is 10.5. The first-order valence-electron chi connectivity index (χ1n) is 6.78. The molecule has 3 nitrogen and oxygen atoms in total. The van der Waals surface area contributed by atoms with Crippen LogP contribution in [0.5, 0.6) is 0 Å². The maximum absolute atomic E-state index is 4.33. The fraction of sp³-hybridized carbons (Fsp3) is 0.643. The Morgan fingerprint density at radius 1 is 1.24 bits per heavy atom. The number of nitrogens with zero attached hydrogens (tertiary/aromatic N) is 2. The molecule has 0 spiro atoms. The zero-order chi connectivity index (χ0) is 11.7. The molecule has 2 fully saturated rings. The maximum Gasteiger partial charge on any atom is 0.0576 e. The van der Waals surface area contributed by atoms with E-state index in [9.17, 15) is 0 Å². The number of fused-ring (bicyclic) bond motifs is 1. The molecule has 3 rings (SSSR count). The van der Waals surface area contributed by atoms with Crippen LogP contribution in [0.2, 0.25) is 0 Å². The van der Waals surface area contributed by atoms with E-state index in [0.29, 0.717) is 0 Å². The summed E-state index contributed by atoms with van der Waals surface area (Å²) in [5.41, 5.74) is 2.41. The molecule has 1 saturated heterocycles. The van der Waals surface area contributed by atoms with Crippen LogP contribution >= 0.6 is 0 Å². The van der Waals surface area contributed by atoms with Gasteiger partial charge in [-0.2, -0.15) is 0 Å². The molecule has 0 amide bonds. The second kappa shape index (κ2) is 4.55. The molecule has 0 aromatic carbocycles. The number of hydrogen-bond acceptors (Lipinski definition) is 3. The molecule has 1 aliphatic heterocycles. The molecule has 0 bridgehead atoms. The number of aromatic nitrogens is 1. The summed E-state index contributed by atoms with van der Waals surface area (Å²) in [7, 11) is 1.95. The molecular weight excluding hydrogens is 210 g/mol. The molecule has 2 heterocycles. The van der Waals surface area contributed by atoms with Crippen molar-refractivity contribution in [1.82, 2.24) is 4.98 Å². The molecule has 1 N–H and O–H groups in total. The highest BCUT2D eigenvalue weighted by atomic mass is 15.2. The summed E-state index contributed by atoms with van der Waals surface area (Å²) in [5.74, 6) is 0.932. The van der Waals surface area contributed by atoms with Crippen LogP contribution in [-0.2, 0) is 0 Å². The third-order valence-corrected chi connectivity index (χ3v) is 4.35. The molecule has 2 unspecified atom stereocenters. The van der Waals surface area contributed by atoms with Crippen molar-refractivity contribution in [2.45, 2.75) is 38.1 Å². The first-order chi connectivity index (χ1) is 8.38.